The molecule has 16 heavy (non-hydrogen) atoms. The topological polar surface area (TPSA) is 38.5 Å². The van der Waals surface area contributed by atoms with Crippen LogP contribution < -0.4 is 5.73 Å². The normalized spacial score (nSPS) is 24.6. The molecular formula is C12H26N2OS. The minimum atomic E-state index is 0.556. The van der Waals surface area contributed by atoms with Crippen molar-refractivity contribution in [2.75, 3.05) is 38.3 Å². The second-order valence-corrected chi connectivity index (χ2v) is 5.38. The number of morpholine rings is 1. The largest absolute Gasteiger partial charge is 0.378 e. The number of nitrogens with two attached hydrogens (primary N) is 1. The predicted octanol–water partition coefficient (Wildman–Crippen LogP) is 1.57. The van der Waals surface area contributed by atoms with Crippen LogP contribution in [0, 0.1) is 0 Å². The van der Waals surface area contributed by atoms with Crippen molar-refractivity contribution in [3.05, 3.63) is 0 Å². The van der Waals surface area contributed by atoms with Gasteiger partial charge in [-0.15, -0.1) is 0 Å². The fourth-order valence-corrected chi connectivity index (χ4v) is 2.84. The van der Waals surface area contributed by atoms with Crippen LogP contribution in [0.5, 0.6) is 0 Å². The summed E-state index contributed by atoms with van der Waals surface area (Å²) >= 11 is 1.92. The second-order valence-electron chi connectivity index (χ2n) is 4.40. The molecule has 3 nitrogen and oxygen atoms in total. The Morgan fingerprint density at radius 1 is 1.56 bits per heavy atom. The molecule has 0 aromatic heterocycles. The Morgan fingerprint density at radius 2 is 2.38 bits per heavy atom. The lowest BCUT2D eigenvalue weighted by molar-refractivity contribution is -0.0299. The van der Waals surface area contributed by atoms with Gasteiger partial charge in [-0.25, -0.2) is 0 Å². The zero-order valence-corrected chi connectivity index (χ0v) is 11.5. The molecule has 2 unspecified atom stereocenters. The number of rotatable bonds is 7. The first-order valence-electron chi connectivity index (χ1n) is 6.36. The van der Waals surface area contributed by atoms with Gasteiger partial charge in [-0.2, -0.15) is 11.8 Å². The van der Waals surface area contributed by atoms with E-state index < -0.39 is 0 Å². The third-order valence-corrected chi connectivity index (χ3v) is 4.07. The van der Waals surface area contributed by atoms with Crippen LogP contribution in [0.4, 0.5) is 0 Å². The van der Waals surface area contributed by atoms with E-state index in [-0.39, 0.29) is 0 Å². The summed E-state index contributed by atoms with van der Waals surface area (Å²) in [7, 11) is 0. The van der Waals surface area contributed by atoms with E-state index in [9.17, 15) is 0 Å². The van der Waals surface area contributed by atoms with E-state index >= 15 is 0 Å². The van der Waals surface area contributed by atoms with Crippen molar-refractivity contribution in [3.63, 3.8) is 0 Å². The lowest BCUT2D eigenvalue weighted by Gasteiger charge is -2.40. The van der Waals surface area contributed by atoms with Crippen LogP contribution in [0.3, 0.4) is 0 Å². The van der Waals surface area contributed by atoms with Crippen LogP contribution in [-0.2, 0) is 4.74 Å². The lowest BCUT2D eigenvalue weighted by Crippen LogP contribution is -2.52. The molecule has 0 spiro atoms. The summed E-state index contributed by atoms with van der Waals surface area (Å²) in [6, 6.07) is 1.14. The Hall–Kier alpha value is 0.230. The Morgan fingerprint density at radius 3 is 3.00 bits per heavy atom. The van der Waals surface area contributed by atoms with E-state index in [1.165, 1.54) is 25.0 Å². The minimum absolute atomic E-state index is 0.556. The van der Waals surface area contributed by atoms with Crippen molar-refractivity contribution in [1.82, 2.24) is 4.90 Å². The van der Waals surface area contributed by atoms with Crippen molar-refractivity contribution < 1.29 is 4.74 Å². The molecule has 2 N–H and O–H groups in total. The van der Waals surface area contributed by atoms with E-state index in [1.807, 2.05) is 11.8 Å². The smallest absolute Gasteiger partial charge is 0.0622 e. The summed E-state index contributed by atoms with van der Waals surface area (Å²) < 4.78 is 5.54. The van der Waals surface area contributed by atoms with Crippen molar-refractivity contribution in [3.8, 4) is 0 Å². The van der Waals surface area contributed by atoms with Crippen LogP contribution in [0.25, 0.3) is 0 Å². The summed E-state index contributed by atoms with van der Waals surface area (Å²) in [6.07, 6.45) is 5.84. The molecule has 96 valence electrons. The van der Waals surface area contributed by atoms with Gasteiger partial charge in [0, 0.05) is 25.2 Å². The molecule has 0 bridgehead atoms. The van der Waals surface area contributed by atoms with Crippen LogP contribution in [0.15, 0.2) is 0 Å². The van der Waals surface area contributed by atoms with Gasteiger partial charge in [0.25, 0.3) is 0 Å². The van der Waals surface area contributed by atoms with Crippen molar-refractivity contribution in [2.24, 2.45) is 5.73 Å². The van der Waals surface area contributed by atoms with Crippen LogP contribution in [0.2, 0.25) is 0 Å². The van der Waals surface area contributed by atoms with Gasteiger partial charge in [-0.3, -0.25) is 4.90 Å². The predicted molar refractivity (Wildman–Crippen MR) is 72.1 cm³/mol. The highest BCUT2D eigenvalue weighted by molar-refractivity contribution is 7.98. The Bertz CT molecular complexity index is 180. The van der Waals surface area contributed by atoms with Crippen LogP contribution >= 0.6 is 11.8 Å². The van der Waals surface area contributed by atoms with E-state index in [1.54, 1.807) is 0 Å². The average Bonchev–Trinajstić information content (AvgIpc) is 2.35. The quantitative estimate of drug-likeness (QED) is 0.692. The monoisotopic (exact) mass is 246 g/mol. The molecule has 2 atom stereocenters. The molecule has 1 rings (SSSR count). The van der Waals surface area contributed by atoms with E-state index in [2.05, 4.69) is 18.1 Å². The van der Waals surface area contributed by atoms with Gasteiger partial charge in [0.2, 0.25) is 0 Å². The molecule has 0 amide bonds. The maximum atomic E-state index is 5.91. The van der Waals surface area contributed by atoms with Gasteiger partial charge >= 0.3 is 0 Å². The highest BCUT2D eigenvalue weighted by Crippen LogP contribution is 2.17. The number of hydrogen-bond donors (Lipinski definition) is 1. The van der Waals surface area contributed by atoms with Crippen molar-refractivity contribution >= 4 is 11.8 Å². The van der Waals surface area contributed by atoms with E-state index in [0.29, 0.717) is 12.1 Å². The molecule has 1 heterocycles. The van der Waals surface area contributed by atoms with Crippen LogP contribution in [-0.4, -0.2) is 55.3 Å². The summed E-state index contributed by atoms with van der Waals surface area (Å²) in [5.41, 5.74) is 5.91. The fourth-order valence-electron chi connectivity index (χ4n) is 2.38. The van der Waals surface area contributed by atoms with E-state index in [4.69, 9.17) is 10.5 Å². The first-order chi connectivity index (χ1) is 7.83. The van der Waals surface area contributed by atoms with Crippen LogP contribution in [0.1, 0.15) is 26.2 Å². The molecule has 4 heteroatoms. The SMILES string of the molecule is CCC1COCCN1C(CN)CCCSC. The summed E-state index contributed by atoms with van der Waals surface area (Å²) in [6.45, 7) is 5.83. The molecule has 1 fully saturated rings. The molecule has 1 aliphatic heterocycles. The highest BCUT2D eigenvalue weighted by atomic mass is 32.2. The van der Waals surface area contributed by atoms with E-state index in [0.717, 1.165) is 26.3 Å². The maximum Gasteiger partial charge on any atom is 0.0622 e. The van der Waals surface area contributed by atoms with Gasteiger partial charge in [0.05, 0.1) is 13.2 Å². The average molecular weight is 246 g/mol. The summed E-state index contributed by atoms with van der Waals surface area (Å²) in [5.74, 6) is 1.25. The summed E-state index contributed by atoms with van der Waals surface area (Å²) in [5, 5.41) is 0. The standard InChI is InChI=1S/C12H26N2OS/c1-3-11-10-15-7-6-14(11)12(9-13)5-4-8-16-2/h11-12H,3-10,13H2,1-2H3. The maximum absolute atomic E-state index is 5.91. The van der Waals surface area contributed by atoms with Gasteiger partial charge in [0.15, 0.2) is 0 Å². The lowest BCUT2D eigenvalue weighted by atomic mass is 10.1. The number of thioether (sulfide) groups is 1. The number of nitrogens with zero attached hydrogens (tertiary/aromatic N) is 1. The molecule has 0 aliphatic carbocycles. The first-order valence-corrected chi connectivity index (χ1v) is 7.75. The third kappa shape index (κ3) is 4.24. The second kappa shape index (κ2) is 8.34. The first kappa shape index (κ1) is 14.3. The number of ether oxygens (including phenoxy) is 1. The molecule has 0 aromatic carbocycles. The molecule has 0 radical (unpaired) electrons. The highest BCUT2D eigenvalue weighted by Gasteiger charge is 2.26. The zero-order chi connectivity index (χ0) is 11.8. The number of hydrogen-bond acceptors (Lipinski definition) is 4. The Labute approximate surface area is 104 Å². The summed E-state index contributed by atoms with van der Waals surface area (Å²) in [4.78, 5) is 2.57. The molecule has 0 saturated carbocycles. The van der Waals surface area contributed by atoms with Gasteiger partial charge in [-0.05, 0) is 31.3 Å². The molecule has 0 aromatic rings. The molecule has 1 saturated heterocycles. The van der Waals surface area contributed by atoms with Gasteiger partial charge in [0.1, 0.15) is 0 Å². The minimum Gasteiger partial charge on any atom is -0.378 e. The molecular weight excluding hydrogens is 220 g/mol. The zero-order valence-electron chi connectivity index (χ0n) is 10.7. The third-order valence-electron chi connectivity index (χ3n) is 3.37. The van der Waals surface area contributed by atoms with Crippen molar-refractivity contribution in [1.29, 1.82) is 0 Å². The van der Waals surface area contributed by atoms with Gasteiger partial charge in [-0.1, -0.05) is 6.92 Å². The van der Waals surface area contributed by atoms with Gasteiger partial charge < -0.3 is 10.5 Å². The Balaban J connectivity index is 2.41. The fraction of sp³-hybridized carbons (Fsp3) is 1.00. The molecule has 1 aliphatic rings. The Kier molecular flexibility index (Phi) is 7.45. The van der Waals surface area contributed by atoms with Crippen molar-refractivity contribution in [2.45, 2.75) is 38.3 Å².